The highest BCUT2D eigenvalue weighted by Gasteiger charge is 2.47. The van der Waals surface area contributed by atoms with Gasteiger partial charge in [-0.05, 0) is 39.6 Å². The van der Waals surface area contributed by atoms with Crippen LogP contribution in [0.4, 0.5) is 0 Å². The molecule has 32 heavy (non-hydrogen) atoms. The van der Waals surface area contributed by atoms with Crippen molar-refractivity contribution in [2.45, 2.75) is 31.8 Å². The number of likely N-dealkylation sites (N-methyl/N-ethyl adjacent to an activating group) is 1. The van der Waals surface area contributed by atoms with Crippen molar-refractivity contribution in [2.75, 3.05) is 27.4 Å². The summed E-state index contributed by atoms with van der Waals surface area (Å²) in [6, 6.07) is 4.06. The zero-order chi connectivity index (χ0) is 23.6. The van der Waals surface area contributed by atoms with Gasteiger partial charge in [0.05, 0.1) is 17.7 Å². The third-order valence-electron chi connectivity index (χ3n) is 5.15. The van der Waals surface area contributed by atoms with Crippen molar-refractivity contribution in [3.8, 4) is 0 Å². The second-order valence-electron chi connectivity index (χ2n) is 7.86. The molecule has 11 heteroatoms. The van der Waals surface area contributed by atoms with Gasteiger partial charge < -0.3 is 15.0 Å². The lowest BCUT2D eigenvalue weighted by Crippen LogP contribution is -2.57. The first-order valence-electron chi connectivity index (χ1n) is 10.0. The Hall–Kier alpha value is -3.60. The van der Waals surface area contributed by atoms with Gasteiger partial charge in [0.1, 0.15) is 12.1 Å². The molecule has 1 unspecified atom stereocenters. The molecule has 170 valence electrons. The van der Waals surface area contributed by atoms with Gasteiger partial charge in [0.25, 0.3) is 17.7 Å². The fourth-order valence-corrected chi connectivity index (χ4v) is 3.57. The van der Waals surface area contributed by atoms with E-state index in [0.29, 0.717) is 4.90 Å². The Morgan fingerprint density at radius 1 is 1.12 bits per heavy atom. The molecule has 1 saturated heterocycles. The van der Waals surface area contributed by atoms with Crippen molar-refractivity contribution in [1.82, 2.24) is 20.0 Å². The lowest BCUT2D eigenvalue weighted by atomic mass is 10.0. The number of esters is 1. The summed E-state index contributed by atoms with van der Waals surface area (Å²) in [5, 5.41) is 2.46. The Kier molecular flexibility index (Phi) is 6.68. The minimum absolute atomic E-state index is 0.00935. The zero-order valence-corrected chi connectivity index (χ0v) is 18.0. The van der Waals surface area contributed by atoms with Gasteiger partial charge in [0.15, 0.2) is 6.73 Å². The molecule has 3 rings (SSSR count). The van der Waals surface area contributed by atoms with Gasteiger partial charge in [-0.25, -0.2) is 9.69 Å². The number of ether oxygens (including phenoxy) is 1. The third kappa shape index (κ3) is 4.52. The fourth-order valence-electron chi connectivity index (χ4n) is 3.57. The van der Waals surface area contributed by atoms with E-state index in [9.17, 15) is 28.8 Å². The van der Waals surface area contributed by atoms with Crippen LogP contribution in [0.1, 0.15) is 40.5 Å². The van der Waals surface area contributed by atoms with E-state index in [0.717, 1.165) is 4.90 Å². The largest absolute Gasteiger partial charge is 0.442 e. The Morgan fingerprint density at radius 3 is 2.28 bits per heavy atom. The van der Waals surface area contributed by atoms with Crippen molar-refractivity contribution >= 4 is 35.5 Å². The summed E-state index contributed by atoms with van der Waals surface area (Å²) < 4.78 is 5.05. The Balaban J connectivity index is 1.65. The maximum atomic E-state index is 12.9. The SMILES string of the molecule is CC(NC(=O)CN(C)C)C(=O)OCN1C(=O)CC[C@H](N2C(=O)c3ccccc3C2=O)C1=O. The predicted octanol–water partition coefficient (Wildman–Crippen LogP) is -0.633. The molecule has 0 aromatic heterocycles. The van der Waals surface area contributed by atoms with Crippen LogP contribution < -0.4 is 5.32 Å². The lowest BCUT2D eigenvalue weighted by Gasteiger charge is -2.34. The molecule has 1 aromatic carbocycles. The number of hydrogen-bond donors (Lipinski definition) is 1. The minimum atomic E-state index is -1.17. The average Bonchev–Trinajstić information content (AvgIpc) is 2.98. The molecular weight excluding hydrogens is 420 g/mol. The monoisotopic (exact) mass is 444 g/mol. The van der Waals surface area contributed by atoms with Crippen LogP contribution >= 0.6 is 0 Å². The molecule has 1 fully saturated rings. The standard InChI is InChI=1S/C21H24N4O7/c1-12(22-16(26)10-23(2)3)21(31)32-11-24-17(27)9-8-15(20(24)30)25-18(28)13-6-4-5-7-14(13)19(25)29/h4-7,12,15H,8-11H2,1-3H3,(H,22,26)/t12?,15-/m0/s1. The number of piperidine rings is 1. The minimum Gasteiger partial charge on any atom is -0.442 e. The van der Waals surface area contributed by atoms with Crippen molar-refractivity contribution in [2.24, 2.45) is 0 Å². The Morgan fingerprint density at radius 2 is 1.72 bits per heavy atom. The highest BCUT2D eigenvalue weighted by atomic mass is 16.5. The van der Waals surface area contributed by atoms with Crippen LogP contribution in [-0.4, -0.2) is 89.7 Å². The summed E-state index contributed by atoms with van der Waals surface area (Å²) in [7, 11) is 3.39. The third-order valence-corrected chi connectivity index (χ3v) is 5.15. The zero-order valence-electron chi connectivity index (χ0n) is 18.0. The molecule has 0 aliphatic carbocycles. The number of rotatable bonds is 7. The molecule has 2 aliphatic heterocycles. The molecule has 11 nitrogen and oxygen atoms in total. The molecule has 0 saturated carbocycles. The Labute approximate surface area is 184 Å². The van der Waals surface area contributed by atoms with Crippen LogP contribution in [0.3, 0.4) is 0 Å². The quantitative estimate of drug-likeness (QED) is 0.434. The summed E-state index contributed by atoms with van der Waals surface area (Å²) in [6.45, 7) is 0.810. The average molecular weight is 444 g/mol. The summed E-state index contributed by atoms with van der Waals surface area (Å²) in [4.78, 5) is 77.8. The number of amides is 5. The molecule has 0 bridgehead atoms. The van der Waals surface area contributed by atoms with Gasteiger partial charge >= 0.3 is 5.97 Å². The summed E-state index contributed by atoms with van der Waals surface area (Å²) in [5.41, 5.74) is 0.393. The van der Waals surface area contributed by atoms with Crippen LogP contribution in [0.25, 0.3) is 0 Å². The summed E-state index contributed by atoms with van der Waals surface area (Å²) in [5.74, 6) is -3.82. The molecule has 1 N–H and O–H groups in total. The molecule has 0 spiro atoms. The number of carbonyl (C=O) groups excluding carboxylic acids is 6. The van der Waals surface area contributed by atoms with Gasteiger partial charge in [-0.1, -0.05) is 12.1 Å². The maximum absolute atomic E-state index is 12.9. The van der Waals surface area contributed by atoms with Crippen molar-refractivity contribution in [3.63, 3.8) is 0 Å². The smallest absolute Gasteiger partial charge is 0.330 e. The molecule has 2 aliphatic rings. The normalized spacial score (nSPS) is 19.3. The summed E-state index contributed by atoms with van der Waals surface area (Å²) in [6.07, 6.45) is -0.110. The number of likely N-dealkylation sites (tertiary alicyclic amines) is 1. The second kappa shape index (κ2) is 9.27. The number of imide groups is 2. The van der Waals surface area contributed by atoms with E-state index in [2.05, 4.69) is 5.32 Å². The lowest BCUT2D eigenvalue weighted by molar-refractivity contribution is -0.165. The molecule has 2 atom stereocenters. The van der Waals surface area contributed by atoms with E-state index < -0.39 is 54.3 Å². The van der Waals surface area contributed by atoms with Gasteiger partial charge in [-0.15, -0.1) is 0 Å². The number of nitrogens with one attached hydrogen (secondary N) is 1. The summed E-state index contributed by atoms with van der Waals surface area (Å²) >= 11 is 0. The van der Waals surface area contributed by atoms with Crippen LogP contribution in [0, 0.1) is 0 Å². The molecule has 2 heterocycles. The second-order valence-corrected chi connectivity index (χ2v) is 7.86. The van der Waals surface area contributed by atoms with Crippen molar-refractivity contribution < 1.29 is 33.5 Å². The number of hydrogen-bond acceptors (Lipinski definition) is 8. The van der Waals surface area contributed by atoms with Crippen LogP contribution in [0.5, 0.6) is 0 Å². The Bertz CT molecular complexity index is 955. The van der Waals surface area contributed by atoms with Crippen LogP contribution in [-0.2, 0) is 23.9 Å². The van der Waals surface area contributed by atoms with E-state index >= 15 is 0 Å². The first-order valence-corrected chi connectivity index (χ1v) is 10.0. The first-order chi connectivity index (χ1) is 15.1. The topological polar surface area (TPSA) is 133 Å². The van der Waals surface area contributed by atoms with Gasteiger partial charge in [-0.2, -0.15) is 0 Å². The molecular formula is C21H24N4O7. The molecule has 1 aromatic rings. The fraction of sp³-hybridized carbons (Fsp3) is 0.429. The van der Waals surface area contributed by atoms with Gasteiger partial charge in [-0.3, -0.25) is 28.9 Å². The predicted molar refractivity (Wildman–Crippen MR) is 109 cm³/mol. The molecule has 5 amide bonds. The molecule has 0 radical (unpaired) electrons. The van der Waals surface area contributed by atoms with E-state index in [1.54, 1.807) is 31.1 Å². The number of fused-ring (bicyclic) bond motifs is 1. The van der Waals surface area contributed by atoms with Crippen LogP contribution in [0.2, 0.25) is 0 Å². The van der Waals surface area contributed by atoms with Crippen molar-refractivity contribution in [1.29, 1.82) is 0 Å². The van der Waals surface area contributed by atoms with Crippen molar-refractivity contribution in [3.05, 3.63) is 35.4 Å². The number of carbonyl (C=O) groups is 6. The van der Waals surface area contributed by atoms with E-state index in [4.69, 9.17) is 4.74 Å². The maximum Gasteiger partial charge on any atom is 0.330 e. The number of benzene rings is 1. The highest BCUT2D eigenvalue weighted by molar-refractivity contribution is 6.23. The van der Waals surface area contributed by atoms with E-state index in [-0.39, 0.29) is 30.5 Å². The van der Waals surface area contributed by atoms with E-state index in [1.807, 2.05) is 0 Å². The van der Waals surface area contributed by atoms with E-state index in [1.165, 1.54) is 19.1 Å². The first kappa shape index (κ1) is 23.1. The highest BCUT2D eigenvalue weighted by Crippen LogP contribution is 2.28. The van der Waals surface area contributed by atoms with Gasteiger partial charge in [0.2, 0.25) is 11.8 Å². The van der Waals surface area contributed by atoms with Crippen LogP contribution in [0.15, 0.2) is 24.3 Å². The van der Waals surface area contributed by atoms with Gasteiger partial charge in [0, 0.05) is 6.42 Å². The number of nitrogens with zero attached hydrogens (tertiary/aromatic N) is 3.